The number of halogens is 1. The van der Waals surface area contributed by atoms with Crippen molar-refractivity contribution < 1.29 is 19.1 Å². The number of rotatable bonds is 7. The SMILES string of the molecule is Cc1ccc(Cl)cc1NCC(=O)N1CCNC(=O)C1CC(=O)OCC(C)C. The fourth-order valence-electron chi connectivity index (χ4n) is 2.75. The number of hydrogen-bond acceptors (Lipinski definition) is 5. The summed E-state index contributed by atoms with van der Waals surface area (Å²) in [5.41, 5.74) is 1.71. The summed E-state index contributed by atoms with van der Waals surface area (Å²) in [5.74, 6) is -0.875. The first-order valence-electron chi connectivity index (χ1n) is 9.00. The van der Waals surface area contributed by atoms with Gasteiger partial charge in [-0.2, -0.15) is 0 Å². The van der Waals surface area contributed by atoms with Crippen LogP contribution >= 0.6 is 11.6 Å². The molecule has 0 aliphatic carbocycles. The zero-order valence-corrected chi connectivity index (χ0v) is 16.6. The van der Waals surface area contributed by atoms with Crippen molar-refractivity contribution in [1.82, 2.24) is 10.2 Å². The molecule has 1 atom stereocenters. The molecule has 0 bridgehead atoms. The Kier molecular flexibility index (Phi) is 7.47. The lowest BCUT2D eigenvalue weighted by Gasteiger charge is -2.34. The highest BCUT2D eigenvalue weighted by Gasteiger charge is 2.35. The molecule has 2 rings (SSSR count). The summed E-state index contributed by atoms with van der Waals surface area (Å²) in [7, 11) is 0. The van der Waals surface area contributed by atoms with Crippen LogP contribution in [0.5, 0.6) is 0 Å². The number of nitrogens with zero attached hydrogens (tertiary/aromatic N) is 1. The van der Waals surface area contributed by atoms with Crippen molar-refractivity contribution in [3.05, 3.63) is 28.8 Å². The van der Waals surface area contributed by atoms with Gasteiger partial charge in [-0.3, -0.25) is 14.4 Å². The van der Waals surface area contributed by atoms with E-state index in [4.69, 9.17) is 16.3 Å². The molecule has 1 aromatic rings. The Morgan fingerprint density at radius 3 is 2.85 bits per heavy atom. The lowest BCUT2D eigenvalue weighted by atomic mass is 10.1. The maximum absolute atomic E-state index is 12.7. The fraction of sp³-hybridized carbons (Fsp3) is 0.526. The van der Waals surface area contributed by atoms with Crippen molar-refractivity contribution >= 4 is 35.1 Å². The standard InChI is InChI=1S/C19H26ClN3O4/c1-12(2)11-27-18(25)9-16-19(26)21-6-7-23(16)17(24)10-22-15-8-14(20)5-4-13(15)3/h4-5,8,12,16,22H,6-7,9-11H2,1-3H3,(H,21,26). The van der Waals surface area contributed by atoms with Gasteiger partial charge >= 0.3 is 5.97 Å². The van der Waals surface area contributed by atoms with E-state index >= 15 is 0 Å². The van der Waals surface area contributed by atoms with Crippen LogP contribution in [-0.4, -0.2) is 55.0 Å². The van der Waals surface area contributed by atoms with Crippen LogP contribution in [0.3, 0.4) is 0 Å². The number of carbonyl (C=O) groups excluding carboxylic acids is 3. The molecule has 0 radical (unpaired) electrons. The lowest BCUT2D eigenvalue weighted by molar-refractivity contribution is -0.152. The Balaban J connectivity index is 1.99. The number of aryl methyl sites for hydroxylation is 1. The van der Waals surface area contributed by atoms with E-state index in [1.165, 1.54) is 4.90 Å². The molecule has 1 heterocycles. The number of hydrogen-bond donors (Lipinski definition) is 2. The number of anilines is 1. The molecule has 0 aromatic heterocycles. The lowest BCUT2D eigenvalue weighted by Crippen LogP contribution is -2.58. The summed E-state index contributed by atoms with van der Waals surface area (Å²) < 4.78 is 5.15. The van der Waals surface area contributed by atoms with Crippen molar-refractivity contribution in [2.45, 2.75) is 33.2 Å². The molecule has 1 aliphatic rings. The third kappa shape index (κ3) is 6.13. The number of esters is 1. The van der Waals surface area contributed by atoms with Crippen LogP contribution in [0.2, 0.25) is 5.02 Å². The maximum Gasteiger partial charge on any atom is 0.308 e. The van der Waals surface area contributed by atoms with Gasteiger partial charge in [0.05, 0.1) is 19.6 Å². The second-order valence-corrected chi connectivity index (χ2v) is 7.42. The van der Waals surface area contributed by atoms with E-state index in [1.807, 2.05) is 26.8 Å². The first kappa shape index (κ1) is 21.0. The molecular formula is C19H26ClN3O4. The molecule has 0 spiro atoms. The monoisotopic (exact) mass is 395 g/mol. The van der Waals surface area contributed by atoms with E-state index in [0.29, 0.717) is 18.1 Å². The number of nitrogens with one attached hydrogen (secondary N) is 2. The van der Waals surface area contributed by atoms with E-state index in [0.717, 1.165) is 11.3 Å². The Morgan fingerprint density at radius 1 is 1.41 bits per heavy atom. The van der Waals surface area contributed by atoms with Crippen molar-refractivity contribution in [3.8, 4) is 0 Å². The largest absolute Gasteiger partial charge is 0.465 e. The average Bonchev–Trinajstić information content (AvgIpc) is 2.62. The first-order valence-corrected chi connectivity index (χ1v) is 9.38. The fourth-order valence-corrected chi connectivity index (χ4v) is 2.92. The quantitative estimate of drug-likeness (QED) is 0.689. The zero-order chi connectivity index (χ0) is 20.0. The van der Waals surface area contributed by atoms with Gasteiger partial charge in [0.2, 0.25) is 11.8 Å². The maximum atomic E-state index is 12.7. The summed E-state index contributed by atoms with van der Waals surface area (Å²) >= 11 is 5.99. The summed E-state index contributed by atoms with van der Waals surface area (Å²) in [6.45, 7) is 6.77. The van der Waals surface area contributed by atoms with Gasteiger partial charge in [-0.05, 0) is 30.5 Å². The summed E-state index contributed by atoms with van der Waals surface area (Å²) in [5, 5.41) is 6.32. The summed E-state index contributed by atoms with van der Waals surface area (Å²) in [4.78, 5) is 38.3. The predicted octanol–water partition coefficient (Wildman–Crippen LogP) is 1.98. The van der Waals surface area contributed by atoms with E-state index in [2.05, 4.69) is 10.6 Å². The van der Waals surface area contributed by atoms with Gasteiger partial charge < -0.3 is 20.3 Å². The molecule has 8 heteroatoms. The number of carbonyl (C=O) groups is 3. The van der Waals surface area contributed by atoms with Crippen LogP contribution in [0.1, 0.15) is 25.8 Å². The first-order chi connectivity index (χ1) is 12.8. The summed E-state index contributed by atoms with van der Waals surface area (Å²) in [6, 6.07) is 4.52. The molecule has 2 N–H and O–H groups in total. The van der Waals surface area contributed by atoms with Gasteiger partial charge in [0.1, 0.15) is 6.04 Å². The van der Waals surface area contributed by atoms with Crippen molar-refractivity contribution in [2.24, 2.45) is 5.92 Å². The van der Waals surface area contributed by atoms with E-state index in [9.17, 15) is 14.4 Å². The Hall–Kier alpha value is -2.28. The minimum Gasteiger partial charge on any atom is -0.465 e. The van der Waals surface area contributed by atoms with Crippen molar-refractivity contribution in [3.63, 3.8) is 0 Å². The molecule has 1 fully saturated rings. The molecule has 1 aliphatic heterocycles. The minimum absolute atomic E-state index is 0.00596. The average molecular weight is 396 g/mol. The number of benzene rings is 1. The van der Waals surface area contributed by atoms with Crippen LogP contribution in [-0.2, 0) is 19.1 Å². The van der Waals surface area contributed by atoms with Crippen LogP contribution in [0, 0.1) is 12.8 Å². The van der Waals surface area contributed by atoms with Crippen LogP contribution in [0.4, 0.5) is 5.69 Å². The topological polar surface area (TPSA) is 87.7 Å². The number of piperazine rings is 1. The van der Waals surface area contributed by atoms with Gasteiger partial charge in [-0.15, -0.1) is 0 Å². The van der Waals surface area contributed by atoms with Gasteiger partial charge in [0.15, 0.2) is 0 Å². The Labute approximate surface area is 164 Å². The molecule has 148 valence electrons. The van der Waals surface area contributed by atoms with Crippen molar-refractivity contribution in [2.75, 3.05) is 31.6 Å². The smallest absolute Gasteiger partial charge is 0.308 e. The van der Waals surface area contributed by atoms with Gasteiger partial charge in [0, 0.05) is 23.8 Å². The van der Waals surface area contributed by atoms with Crippen molar-refractivity contribution in [1.29, 1.82) is 0 Å². The van der Waals surface area contributed by atoms with Gasteiger partial charge in [-0.25, -0.2) is 0 Å². The normalized spacial score (nSPS) is 16.9. The second kappa shape index (κ2) is 9.60. The molecule has 27 heavy (non-hydrogen) atoms. The predicted molar refractivity (Wildman–Crippen MR) is 104 cm³/mol. The van der Waals surface area contributed by atoms with Crippen LogP contribution in [0.25, 0.3) is 0 Å². The third-order valence-corrected chi connectivity index (χ3v) is 4.45. The van der Waals surface area contributed by atoms with Gasteiger partial charge in [-0.1, -0.05) is 31.5 Å². The molecule has 7 nitrogen and oxygen atoms in total. The minimum atomic E-state index is -0.854. The highest BCUT2D eigenvalue weighted by Crippen LogP contribution is 2.20. The van der Waals surface area contributed by atoms with Crippen LogP contribution < -0.4 is 10.6 Å². The van der Waals surface area contributed by atoms with Gasteiger partial charge in [0.25, 0.3) is 0 Å². The molecule has 1 aromatic carbocycles. The Bertz CT molecular complexity index is 708. The zero-order valence-electron chi connectivity index (χ0n) is 15.9. The molecule has 0 saturated carbocycles. The van der Waals surface area contributed by atoms with E-state index in [1.54, 1.807) is 12.1 Å². The summed E-state index contributed by atoms with van der Waals surface area (Å²) in [6.07, 6.45) is -0.152. The van der Waals surface area contributed by atoms with E-state index < -0.39 is 12.0 Å². The highest BCUT2D eigenvalue weighted by atomic mass is 35.5. The molecule has 1 saturated heterocycles. The molecular weight excluding hydrogens is 370 g/mol. The molecule has 1 unspecified atom stereocenters. The van der Waals surface area contributed by atoms with E-state index in [-0.39, 0.29) is 37.3 Å². The number of ether oxygens (including phenoxy) is 1. The number of amides is 2. The second-order valence-electron chi connectivity index (χ2n) is 6.99. The molecule has 2 amide bonds. The Morgan fingerprint density at radius 2 is 2.15 bits per heavy atom. The third-order valence-electron chi connectivity index (χ3n) is 4.22. The highest BCUT2D eigenvalue weighted by molar-refractivity contribution is 6.30. The van der Waals surface area contributed by atoms with Crippen LogP contribution in [0.15, 0.2) is 18.2 Å².